The Labute approximate surface area is 185 Å². The number of carbonyl (C=O) groups excluding carboxylic acids is 1. The molecule has 0 spiro atoms. The summed E-state index contributed by atoms with van der Waals surface area (Å²) in [5.41, 5.74) is 2.32. The van der Waals surface area contributed by atoms with E-state index in [1.165, 1.54) is 19.2 Å². The predicted octanol–water partition coefficient (Wildman–Crippen LogP) is 3.91. The monoisotopic (exact) mass is 456 g/mol. The van der Waals surface area contributed by atoms with Crippen LogP contribution in [0.3, 0.4) is 0 Å². The third-order valence-electron chi connectivity index (χ3n) is 5.06. The number of fused-ring (bicyclic) bond motifs is 1. The van der Waals surface area contributed by atoms with Gasteiger partial charge >= 0.3 is 0 Å². The maximum Gasteiger partial charge on any atom is 0.255 e. The molecule has 0 unspecified atom stereocenters. The van der Waals surface area contributed by atoms with Crippen molar-refractivity contribution in [1.82, 2.24) is 0 Å². The molecule has 1 aliphatic heterocycles. The highest BCUT2D eigenvalue weighted by molar-refractivity contribution is 7.92. The summed E-state index contributed by atoms with van der Waals surface area (Å²) < 4.78 is 49.7. The van der Waals surface area contributed by atoms with Gasteiger partial charge in [0.2, 0.25) is 10.0 Å². The van der Waals surface area contributed by atoms with Crippen molar-refractivity contribution in [2.45, 2.75) is 0 Å². The molecule has 4 rings (SSSR count). The van der Waals surface area contributed by atoms with Crippen molar-refractivity contribution in [2.75, 3.05) is 36.1 Å². The van der Waals surface area contributed by atoms with Crippen LogP contribution in [0.1, 0.15) is 10.4 Å². The molecule has 7 nitrogen and oxygen atoms in total. The topological polar surface area (TPSA) is 84.9 Å². The van der Waals surface area contributed by atoms with Crippen LogP contribution >= 0.6 is 0 Å². The smallest absolute Gasteiger partial charge is 0.255 e. The molecule has 0 bridgehead atoms. The summed E-state index contributed by atoms with van der Waals surface area (Å²) in [5, 5.41) is 2.79. The molecule has 1 amide bonds. The second-order valence-corrected chi connectivity index (χ2v) is 9.30. The van der Waals surface area contributed by atoms with Gasteiger partial charge in [-0.15, -0.1) is 0 Å². The van der Waals surface area contributed by atoms with Gasteiger partial charge in [0.1, 0.15) is 19.0 Å². The highest BCUT2D eigenvalue weighted by atomic mass is 32.2. The fourth-order valence-corrected chi connectivity index (χ4v) is 3.81. The van der Waals surface area contributed by atoms with Crippen molar-refractivity contribution in [1.29, 1.82) is 0 Å². The number of amides is 1. The van der Waals surface area contributed by atoms with Gasteiger partial charge in [-0.1, -0.05) is 18.2 Å². The van der Waals surface area contributed by atoms with Gasteiger partial charge in [0, 0.05) is 12.6 Å². The Bertz CT molecular complexity index is 1280. The first-order valence-electron chi connectivity index (χ1n) is 9.77. The first kappa shape index (κ1) is 21.6. The standard InChI is InChI=1S/C23H21FN2O5S/c1-26(32(2,28)29)20-9-5-16(15-3-7-18(24)8-4-15)13-19(20)25-23(27)17-6-10-21-22(14-17)31-12-11-30-21/h3-10,13-14H,11-12H2,1-2H3,(H,25,27). The Kier molecular flexibility index (Phi) is 5.75. The minimum atomic E-state index is -3.58. The molecule has 0 aliphatic carbocycles. The zero-order valence-electron chi connectivity index (χ0n) is 17.5. The van der Waals surface area contributed by atoms with E-state index in [2.05, 4.69) is 5.32 Å². The number of carbonyl (C=O) groups is 1. The van der Waals surface area contributed by atoms with E-state index in [4.69, 9.17) is 9.47 Å². The minimum Gasteiger partial charge on any atom is -0.486 e. The molecule has 3 aromatic rings. The van der Waals surface area contributed by atoms with Gasteiger partial charge in [-0.05, 0) is 53.6 Å². The largest absolute Gasteiger partial charge is 0.486 e. The number of sulfonamides is 1. The van der Waals surface area contributed by atoms with Crippen LogP contribution in [0.5, 0.6) is 11.5 Å². The number of nitrogens with one attached hydrogen (secondary N) is 1. The molecule has 32 heavy (non-hydrogen) atoms. The van der Waals surface area contributed by atoms with Crippen molar-refractivity contribution in [2.24, 2.45) is 0 Å². The first-order valence-corrected chi connectivity index (χ1v) is 11.6. The molecule has 0 aromatic heterocycles. The van der Waals surface area contributed by atoms with Crippen LogP contribution in [-0.2, 0) is 10.0 Å². The number of halogens is 1. The van der Waals surface area contributed by atoms with E-state index in [-0.39, 0.29) is 5.82 Å². The molecule has 0 fully saturated rings. The number of nitrogens with zero attached hydrogens (tertiary/aromatic N) is 1. The molecular weight excluding hydrogens is 435 g/mol. The maximum absolute atomic E-state index is 13.3. The number of hydrogen-bond donors (Lipinski definition) is 1. The third-order valence-corrected chi connectivity index (χ3v) is 6.26. The summed E-state index contributed by atoms with van der Waals surface area (Å²) in [6, 6.07) is 15.7. The second-order valence-electron chi connectivity index (χ2n) is 7.28. The van der Waals surface area contributed by atoms with Gasteiger partial charge in [0.15, 0.2) is 11.5 Å². The summed E-state index contributed by atoms with van der Waals surface area (Å²) in [6.45, 7) is 0.830. The zero-order chi connectivity index (χ0) is 22.9. The van der Waals surface area contributed by atoms with E-state index < -0.39 is 15.9 Å². The molecule has 0 atom stereocenters. The molecule has 1 aliphatic rings. The second kappa shape index (κ2) is 8.51. The summed E-state index contributed by atoms with van der Waals surface area (Å²) in [4.78, 5) is 13.0. The van der Waals surface area contributed by atoms with Gasteiger partial charge in [-0.25, -0.2) is 12.8 Å². The number of rotatable bonds is 5. The average Bonchev–Trinajstić information content (AvgIpc) is 2.78. The summed E-state index contributed by atoms with van der Waals surface area (Å²) in [7, 11) is -2.17. The Balaban J connectivity index is 1.71. The molecular formula is C23H21FN2O5S. The van der Waals surface area contributed by atoms with Crippen LogP contribution in [0.15, 0.2) is 60.7 Å². The quantitative estimate of drug-likeness (QED) is 0.629. The van der Waals surface area contributed by atoms with Gasteiger partial charge in [0.05, 0.1) is 17.6 Å². The molecule has 1 heterocycles. The van der Waals surface area contributed by atoms with Crippen molar-refractivity contribution in [3.63, 3.8) is 0 Å². The van der Waals surface area contributed by atoms with Crippen LogP contribution in [0, 0.1) is 5.82 Å². The fourth-order valence-electron chi connectivity index (χ4n) is 3.29. The van der Waals surface area contributed by atoms with Crippen LogP contribution < -0.4 is 19.1 Å². The lowest BCUT2D eigenvalue weighted by Gasteiger charge is -2.22. The lowest BCUT2D eigenvalue weighted by Crippen LogP contribution is -2.26. The molecule has 0 saturated carbocycles. The summed E-state index contributed by atoms with van der Waals surface area (Å²) >= 11 is 0. The average molecular weight is 456 g/mol. The molecule has 1 N–H and O–H groups in total. The van der Waals surface area contributed by atoms with Crippen LogP contribution in [0.2, 0.25) is 0 Å². The Morgan fingerprint density at radius 1 is 0.938 bits per heavy atom. The van der Waals surface area contributed by atoms with Crippen molar-refractivity contribution < 1.29 is 27.1 Å². The van der Waals surface area contributed by atoms with Gasteiger partial charge < -0.3 is 14.8 Å². The van der Waals surface area contributed by atoms with Crippen LogP contribution in [0.25, 0.3) is 11.1 Å². The summed E-state index contributed by atoms with van der Waals surface area (Å²) in [5.74, 6) is 0.219. The Morgan fingerprint density at radius 2 is 1.59 bits per heavy atom. The van der Waals surface area contributed by atoms with E-state index in [1.807, 2.05) is 0 Å². The summed E-state index contributed by atoms with van der Waals surface area (Å²) in [6.07, 6.45) is 1.08. The lowest BCUT2D eigenvalue weighted by atomic mass is 10.0. The highest BCUT2D eigenvalue weighted by Gasteiger charge is 2.20. The number of ether oxygens (including phenoxy) is 2. The van der Waals surface area contributed by atoms with Crippen molar-refractivity contribution in [3.8, 4) is 22.6 Å². The van der Waals surface area contributed by atoms with Gasteiger partial charge in [-0.2, -0.15) is 0 Å². The molecule has 0 saturated heterocycles. The molecule has 3 aromatic carbocycles. The minimum absolute atomic E-state index is 0.291. The molecule has 0 radical (unpaired) electrons. The van der Waals surface area contributed by atoms with E-state index in [0.29, 0.717) is 47.2 Å². The van der Waals surface area contributed by atoms with E-state index in [0.717, 1.165) is 16.1 Å². The Morgan fingerprint density at radius 3 is 2.28 bits per heavy atom. The molecule has 9 heteroatoms. The predicted molar refractivity (Wildman–Crippen MR) is 120 cm³/mol. The number of anilines is 2. The maximum atomic E-state index is 13.3. The lowest BCUT2D eigenvalue weighted by molar-refractivity contribution is 0.102. The first-order chi connectivity index (χ1) is 15.2. The van der Waals surface area contributed by atoms with E-state index in [1.54, 1.807) is 48.5 Å². The fraction of sp³-hybridized carbons (Fsp3) is 0.174. The normalized spacial score (nSPS) is 12.8. The van der Waals surface area contributed by atoms with Crippen molar-refractivity contribution >= 4 is 27.3 Å². The zero-order valence-corrected chi connectivity index (χ0v) is 18.3. The van der Waals surface area contributed by atoms with Gasteiger partial charge in [0.25, 0.3) is 5.91 Å². The van der Waals surface area contributed by atoms with Gasteiger partial charge in [-0.3, -0.25) is 9.10 Å². The van der Waals surface area contributed by atoms with E-state index >= 15 is 0 Å². The van der Waals surface area contributed by atoms with Crippen molar-refractivity contribution in [3.05, 3.63) is 72.0 Å². The third kappa shape index (κ3) is 4.52. The SMILES string of the molecule is CN(c1ccc(-c2ccc(F)cc2)cc1NC(=O)c1ccc2c(c1)OCCO2)S(C)(=O)=O. The molecule has 166 valence electrons. The highest BCUT2D eigenvalue weighted by Crippen LogP contribution is 2.34. The number of benzene rings is 3. The Hall–Kier alpha value is -3.59. The number of hydrogen-bond acceptors (Lipinski definition) is 5. The van der Waals surface area contributed by atoms with Crippen LogP contribution in [0.4, 0.5) is 15.8 Å². The van der Waals surface area contributed by atoms with E-state index in [9.17, 15) is 17.6 Å². The van der Waals surface area contributed by atoms with Crippen LogP contribution in [-0.4, -0.2) is 40.8 Å².